The van der Waals surface area contributed by atoms with Crippen molar-refractivity contribution in [3.8, 4) is 22.3 Å². The van der Waals surface area contributed by atoms with E-state index in [2.05, 4.69) is 13.0 Å². The van der Waals surface area contributed by atoms with Crippen LogP contribution in [0.25, 0.3) is 22.3 Å². The lowest BCUT2D eigenvalue weighted by atomic mass is 9.97. The second-order valence-electron chi connectivity index (χ2n) is 8.03. The molecular formula is C26H24F4. The molecule has 3 aromatic rings. The molecule has 0 heterocycles. The fraction of sp³-hybridized carbons (Fsp3) is 0.308. The van der Waals surface area contributed by atoms with Crippen molar-refractivity contribution in [2.45, 2.75) is 51.9 Å². The Morgan fingerprint density at radius 1 is 0.733 bits per heavy atom. The summed E-state index contributed by atoms with van der Waals surface area (Å²) in [4.78, 5) is 0. The van der Waals surface area contributed by atoms with Crippen LogP contribution in [0.15, 0.2) is 42.5 Å². The van der Waals surface area contributed by atoms with Gasteiger partial charge in [0.05, 0.1) is 5.56 Å². The van der Waals surface area contributed by atoms with E-state index < -0.39 is 23.3 Å². The number of hydrogen-bond donors (Lipinski definition) is 0. The number of aryl methyl sites for hydroxylation is 1. The van der Waals surface area contributed by atoms with E-state index in [-0.39, 0.29) is 11.1 Å². The number of hydrogen-bond acceptors (Lipinski definition) is 0. The fourth-order valence-corrected chi connectivity index (χ4v) is 4.32. The molecule has 0 unspecified atom stereocenters. The molecule has 1 aliphatic rings. The zero-order valence-corrected chi connectivity index (χ0v) is 17.0. The number of benzene rings is 3. The third-order valence-corrected chi connectivity index (χ3v) is 5.92. The highest BCUT2D eigenvalue weighted by Gasteiger charge is 2.27. The molecule has 0 amide bonds. The average Bonchev–Trinajstić information content (AvgIpc) is 3.08. The first kappa shape index (κ1) is 20.6. The molecule has 0 saturated heterocycles. The maximum Gasteiger partial charge on any atom is 0.159 e. The number of unbranched alkanes of at least 4 members (excludes halogenated alkanes) is 4. The van der Waals surface area contributed by atoms with E-state index in [1.54, 1.807) is 0 Å². The van der Waals surface area contributed by atoms with E-state index in [1.807, 2.05) is 12.1 Å². The molecular weight excluding hydrogens is 388 g/mol. The van der Waals surface area contributed by atoms with Gasteiger partial charge >= 0.3 is 0 Å². The Kier molecular flexibility index (Phi) is 5.94. The van der Waals surface area contributed by atoms with Crippen LogP contribution < -0.4 is 0 Å². The van der Waals surface area contributed by atoms with Crippen molar-refractivity contribution in [3.05, 3.63) is 82.4 Å². The molecule has 0 N–H and O–H groups in total. The van der Waals surface area contributed by atoms with Gasteiger partial charge in [-0.15, -0.1) is 0 Å². The van der Waals surface area contributed by atoms with Crippen molar-refractivity contribution in [1.82, 2.24) is 0 Å². The molecule has 1 aliphatic carbocycles. The Labute approximate surface area is 174 Å². The highest BCUT2D eigenvalue weighted by Crippen LogP contribution is 2.42. The molecule has 156 valence electrons. The van der Waals surface area contributed by atoms with Crippen LogP contribution >= 0.6 is 0 Å². The third kappa shape index (κ3) is 3.88. The first-order chi connectivity index (χ1) is 14.5. The van der Waals surface area contributed by atoms with Gasteiger partial charge in [0.1, 0.15) is 11.6 Å². The van der Waals surface area contributed by atoms with E-state index >= 15 is 4.39 Å². The van der Waals surface area contributed by atoms with Crippen LogP contribution in [0.4, 0.5) is 17.6 Å². The number of rotatable bonds is 7. The van der Waals surface area contributed by atoms with Gasteiger partial charge in [0.15, 0.2) is 11.6 Å². The summed E-state index contributed by atoms with van der Waals surface area (Å²) < 4.78 is 56.9. The van der Waals surface area contributed by atoms with E-state index in [1.165, 1.54) is 43.4 Å². The van der Waals surface area contributed by atoms with Gasteiger partial charge < -0.3 is 0 Å². The van der Waals surface area contributed by atoms with Crippen molar-refractivity contribution in [3.63, 3.8) is 0 Å². The monoisotopic (exact) mass is 412 g/mol. The first-order valence-corrected chi connectivity index (χ1v) is 10.6. The molecule has 3 aromatic carbocycles. The van der Waals surface area contributed by atoms with Gasteiger partial charge in [-0.1, -0.05) is 56.9 Å². The highest BCUT2D eigenvalue weighted by atomic mass is 19.2. The second kappa shape index (κ2) is 8.63. The number of fused-ring (bicyclic) bond motifs is 3. The van der Waals surface area contributed by atoms with Crippen molar-refractivity contribution in [1.29, 1.82) is 0 Å². The second-order valence-corrected chi connectivity index (χ2v) is 8.03. The van der Waals surface area contributed by atoms with E-state index in [0.717, 1.165) is 36.1 Å². The van der Waals surface area contributed by atoms with Crippen molar-refractivity contribution >= 4 is 0 Å². The fourth-order valence-electron chi connectivity index (χ4n) is 4.32. The Balaban J connectivity index is 1.62. The molecule has 0 radical (unpaired) electrons. The topological polar surface area (TPSA) is 0 Å². The molecule has 0 nitrogen and oxygen atoms in total. The van der Waals surface area contributed by atoms with Crippen LogP contribution in [-0.4, -0.2) is 0 Å². The standard InChI is InChI=1S/C26H24F4/c1-2-3-4-5-6-7-16-8-10-19-18(12-16)13-21-20(19)15-24(29)25(26(21)30)17-9-11-22(27)23(28)14-17/h8-12,14-15H,2-7,13H2,1H3. The van der Waals surface area contributed by atoms with Crippen LogP contribution in [0.3, 0.4) is 0 Å². The largest absolute Gasteiger partial charge is 0.206 e. The molecule has 4 rings (SSSR count). The van der Waals surface area contributed by atoms with Crippen LogP contribution in [0.2, 0.25) is 0 Å². The molecule has 0 fully saturated rings. The predicted molar refractivity (Wildman–Crippen MR) is 112 cm³/mol. The maximum absolute atomic E-state index is 15.3. The van der Waals surface area contributed by atoms with Gasteiger partial charge in [-0.05, 0) is 58.9 Å². The van der Waals surface area contributed by atoms with Gasteiger partial charge in [0, 0.05) is 12.0 Å². The summed E-state index contributed by atoms with van der Waals surface area (Å²) in [6, 6.07) is 10.3. The normalized spacial score (nSPS) is 12.2. The lowest BCUT2D eigenvalue weighted by Crippen LogP contribution is -1.98. The molecule has 0 atom stereocenters. The van der Waals surface area contributed by atoms with E-state index in [4.69, 9.17) is 0 Å². The molecule has 0 aliphatic heterocycles. The van der Waals surface area contributed by atoms with Crippen LogP contribution in [0.5, 0.6) is 0 Å². The van der Waals surface area contributed by atoms with Gasteiger partial charge in [-0.25, -0.2) is 17.6 Å². The van der Waals surface area contributed by atoms with Gasteiger partial charge in [0.25, 0.3) is 0 Å². The summed E-state index contributed by atoms with van der Waals surface area (Å²) in [6.07, 6.45) is 7.37. The zero-order valence-electron chi connectivity index (χ0n) is 17.0. The van der Waals surface area contributed by atoms with Crippen molar-refractivity contribution in [2.75, 3.05) is 0 Å². The van der Waals surface area contributed by atoms with Gasteiger partial charge in [-0.2, -0.15) is 0 Å². The summed E-state index contributed by atoms with van der Waals surface area (Å²) in [5.41, 5.74) is 3.67. The van der Waals surface area contributed by atoms with Crippen LogP contribution in [-0.2, 0) is 12.8 Å². The zero-order chi connectivity index (χ0) is 21.3. The molecule has 0 saturated carbocycles. The number of halogens is 4. The third-order valence-electron chi connectivity index (χ3n) is 5.92. The molecule has 4 heteroatoms. The summed E-state index contributed by atoms with van der Waals surface area (Å²) in [7, 11) is 0. The first-order valence-electron chi connectivity index (χ1n) is 10.6. The van der Waals surface area contributed by atoms with Gasteiger partial charge in [0.2, 0.25) is 0 Å². The average molecular weight is 412 g/mol. The quantitative estimate of drug-likeness (QED) is 0.213. The smallest absolute Gasteiger partial charge is 0.159 e. The minimum Gasteiger partial charge on any atom is -0.206 e. The summed E-state index contributed by atoms with van der Waals surface area (Å²) in [6.45, 7) is 2.19. The minimum absolute atomic E-state index is 0.00424. The van der Waals surface area contributed by atoms with Crippen LogP contribution in [0, 0.1) is 23.3 Å². The molecule has 0 aromatic heterocycles. The van der Waals surface area contributed by atoms with E-state index in [0.29, 0.717) is 17.5 Å². The van der Waals surface area contributed by atoms with E-state index in [9.17, 15) is 13.2 Å². The Morgan fingerprint density at radius 3 is 2.30 bits per heavy atom. The van der Waals surface area contributed by atoms with Crippen molar-refractivity contribution < 1.29 is 17.6 Å². The van der Waals surface area contributed by atoms with Crippen molar-refractivity contribution in [2.24, 2.45) is 0 Å². The highest BCUT2D eigenvalue weighted by molar-refractivity contribution is 5.81. The Hall–Kier alpha value is -2.62. The lowest BCUT2D eigenvalue weighted by molar-refractivity contribution is 0.508. The maximum atomic E-state index is 15.3. The van der Waals surface area contributed by atoms with Crippen LogP contribution in [0.1, 0.15) is 55.7 Å². The molecule has 0 spiro atoms. The minimum atomic E-state index is -1.13. The SMILES string of the molecule is CCCCCCCc1ccc2c(c1)Cc1c-2cc(F)c(-c2ccc(F)c(F)c2)c1F. The summed E-state index contributed by atoms with van der Waals surface area (Å²) in [5.74, 6) is -3.65. The molecule has 30 heavy (non-hydrogen) atoms. The predicted octanol–water partition coefficient (Wildman–Crippen LogP) is 7.99. The summed E-state index contributed by atoms with van der Waals surface area (Å²) in [5, 5.41) is 0. The lowest BCUT2D eigenvalue weighted by Gasteiger charge is -2.11. The molecule has 0 bridgehead atoms. The van der Waals surface area contributed by atoms with Gasteiger partial charge in [-0.3, -0.25) is 0 Å². The Bertz CT molecular complexity index is 1080. The Morgan fingerprint density at radius 2 is 1.53 bits per heavy atom. The summed E-state index contributed by atoms with van der Waals surface area (Å²) >= 11 is 0.